The number of nitrogen functional groups attached to an aromatic ring is 1. The number of terminal acetylenes is 1. The highest BCUT2D eigenvalue weighted by molar-refractivity contribution is 9.11. The molecular formula is C13H14Br2N2O2S. The van der Waals surface area contributed by atoms with Gasteiger partial charge in [-0.15, -0.1) is 6.42 Å². The van der Waals surface area contributed by atoms with Crippen molar-refractivity contribution in [3.63, 3.8) is 0 Å². The van der Waals surface area contributed by atoms with Gasteiger partial charge in [0.15, 0.2) is 0 Å². The predicted molar refractivity (Wildman–Crippen MR) is 86.6 cm³/mol. The second-order valence-corrected chi connectivity index (χ2v) is 8.40. The van der Waals surface area contributed by atoms with Gasteiger partial charge in [-0.2, -0.15) is 4.31 Å². The summed E-state index contributed by atoms with van der Waals surface area (Å²) in [6.45, 7) is 0.509. The SMILES string of the molecule is C#CCN(CC1CC1)S(=O)(=O)c1c(N)cc(Br)cc1Br. The Morgan fingerprint density at radius 2 is 2.05 bits per heavy atom. The van der Waals surface area contributed by atoms with Crippen LogP contribution in [0.3, 0.4) is 0 Å². The second kappa shape index (κ2) is 6.06. The number of hydrogen-bond acceptors (Lipinski definition) is 3. The number of anilines is 1. The molecule has 0 radical (unpaired) electrons. The van der Waals surface area contributed by atoms with Crippen molar-refractivity contribution >= 4 is 47.6 Å². The van der Waals surface area contributed by atoms with Crippen molar-refractivity contribution in [1.82, 2.24) is 4.31 Å². The molecule has 1 aromatic rings. The van der Waals surface area contributed by atoms with Gasteiger partial charge in [-0.3, -0.25) is 0 Å². The molecule has 0 aliphatic heterocycles. The highest BCUT2D eigenvalue weighted by atomic mass is 79.9. The largest absolute Gasteiger partial charge is 0.398 e. The molecule has 0 bridgehead atoms. The van der Waals surface area contributed by atoms with E-state index in [4.69, 9.17) is 12.2 Å². The molecule has 1 aromatic carbocycles. The van der Waals surface area contributed by atoms with E-state index in [1.165, 1.54) is 4.31 Å². The minimum absolute atomic E-state index is 0.0563. The quantitative estimate of drug-likeness (QED) is 0.587. The van der Waals surface area contributed by atoms with Crippen LogP contribution in [-0.4, -0.2) is 25.8 Å². The van der Waals surface area contributed by atoms with Crippen LogP contribution in [0.1, 0.15) is 12.8 Å². The van der Waals surface area contributed by atoms with Gasteiger partial charge in [0.2, 0.25) is 10.0 Å². The molecule has 0 saturated heterocycles. The Hall–Kier alpha value is -0.550. The first-order valence-corrected chi connectivity index (χ1v) is 9.07. The van der Waals surface area contributed by atoms with Crippen molar-refractivity contribution in [3.05, 3.63) is 21.1 Å². The van der Waals surface area contributed by atoms with Crippen LogP contribution in [0.15, 0.2) is 26.0 Å². The number of nitrogens with zero attached hydrogens (tertiary/aromatic N) is 1. The van der Waals surface area contributed by atoms with E-state index in [2.05, 4.69) is 37.8 Å². The molecule has 2 rings (SSSR count). The highest BCUT2D eigenvalue weighted by Gasteiger charge is 2.33. The van der Waals surface area contributed by atoms with Crippen LogP contribution in [-0.2, 0) is 10.0 Å². The highest BCUT2D eigenvalue weighted by Crippen LogP contribution is 2.36. The van der Waals surface area contributed by atoms with Crippen LogP contribution in [0.5, 0.6) is 0 Å². The molecule has 1 aliphatic carbocycles. The van der Waals surface area contributed by atoms with E-state index >= 15 is 0 Å². The van der Waals surface area contributed by atoms with E-state index in [-0.39, 0.29) is 17.1 Å². The number of halogens is 2. The standard InChI is InChI=1S/C13H14Br2N2O2S/c1-2-5-17(8-9-3-4-9)20(18,19)13-11(15)6-10(14)7-12(13)16/h1,6-7,9H,3-5,8,16H2. The maximum absolute atomic E-state index is 12.7. The zero-order chi connectivity index (χ0) is 14.9. The summed E-state index contributed by atoms with van der Waals surface area (Å²) in [7, 11) is -3.70. The fourth-order valence-corrected chi connectivity index (χ4v) is 5.36. The Labute approximate surface area is 136 Å². The van der Waals surface area contributed by atoms with Gasteiger partial charge in [0.05, 0.1) is 12.2 Å². The van der Waals surface area contributed by atoms with Crippen LogP contribution < -0.4 is 5.73 Å². The molecule has 108 valence electrons. The monoisotopic (exact) mass is 420 g/mol. The Morgan fingerprint density at radius 3 is 2.55 bits per heavy atom. The predicted octanol–water partition coefficient (Wildman–Crippen LogP) is 2.83. The summed E-state index contributed by atoms with van der Waals surface area (Å²) in [6.07, 6.45) is 7.39. The second-order valence-electron chi connectivity index (χ2n) is 4.75. The number of hydrogen-bond donors (Lipinski definition) is 1. The molecule has 0 amide bonds. The van der Waals surface area contributed by atoms with Gasteiger partial charge in [-0.25, -0.2) is 8.42 Å². The summed E-state index contributed by atoms with van der Waals surface area (Å²) in [5.41, 5.74) is 6.07. The lowest BCUT2D eigenvalue weighted by molar-refractivity contribution is 0.430. The van der Waals surface area contributed by atoms with Crippen molar-refractivity contribution in [2.45, 2.75) is 17.7 Å². The lowest BCUT2D eigenvalue weighted by Crippen LogP contribution is -2.34. The smallest absolute Gasteiger partial charge is 0.247 e. The first-order chi connectivity index (χ1) is 9.36. The number of rotatable bonds is 5. The van der Waals surface area contributed by atoms with E-state index in [9.17, 15) is 8.42 Å². The minimum Gasteiger partial charge on any atom is -0.398 e. The van der Waals surface area contributed by atoms with E-state index in [0.717, 1.165) is 12.8 Å². The van der Waals surface area contributed by atoms with Gasteiger partial charge in [0.25, 0.3) is 0 Å². The fourth-order valence-electron chi connectivity index (χ4n) is 1.92. The van der Waals surface area contributed by atoms with Crippen molar-refractivity contribution in [2.75, 3.05) is 18.8 Å². The minimum atomic E-state index is -3.70. The van der Waals surface area contributed by atoms with E-state index in [1.807, 2.05) is 0 Å². The van der Waals surface area contributed by atoms with Crippen molar-refractivity contribution in [3.8, 4) is 12.3 Å². The Bertz CT molecular complexity index is 640. The Morgan fingerprint density at radius 1 is 1.40 bits per heavy atom. The first kappa shape index (κ1) is 15.8. The third-order valence-corrected chi connectivity index (χ3v) is 6.34. The summed E-state index contributed by atoms with van der Waals surface area (Å²) < 4.78 is 28.0. The fraction of sp³-hybridized carbons (Fsp3) is 0.385. The number of benzene rings is 1. The Balaban J connectivity index is 2.44. The molecule has 0 atom stereocenters. The zero-order valence-corrected chi connectivity index (χ0v) is 14.6. The van der Waals surface area contributed by atoms with E-state index in [1.54, 1.807) is 12.1 Å². The van der Waals surface area contributed by atoms with Crippen molar-refractivity contribution < 1.29 is 8.42 Å². The van der Waals surface area contributed by atoms with Crippen LogP contribution in [0.2, 0.25) is 0 Å². The molecule has 2 N–H and O–H groups in total. The summed E-state index contributed by atoms with van der Waals surface area (Å²) >= 11 is 6.55. The molecule has 0 heterocycles. The van der Waals surface area contributed by atoms with Crippen LogP contribution in [0.4, 0.5) is 5.69 Å². The molecule has 1 saturated carbocycles. The number of nitrogens with two attached hydrogens (primary N) is 1. The van der Waals surface area contributed by atoms with Gasteiger partial charge < -0.3 is 5.73 Å². The lowest BCUT2D eigenvalue weighted by Gasteiger charge is -2.21. The molecule has 0 aromatic heterocycles. The van der Waals surface area contributed by atoms with Crippen molar-refractivity contribution in [2.24, 2.45) is 5.92 Å². The van der Waals surface area contributed by atoms with Gasteiger partial charge in [-0.1, -0.05) is 21.9 Å². The average Bonchev–Trinajstić information content (AvgIpc) is 3.10. The van der Waals surface area contributed by atoms with Gasteiger partial charge >= 0.3 is 0 Å². The maximum Gasteiger partial charge on any atom is 0.247 e. The summed E-state index contributed by atoms with van der Waals surface area (Å²) in [5, 5.41) is 0. The van der Waals surface area contributed by atoms with Gasteiger partial charge in [-0.05, 0) is 46.8 Å². The zero-order valence-electron chi connectivity index (χ0n) is 10.6. The van der Waals surface area contributed by atoms with Crippen LogP contribution >= 0.6 is 31.9 Å². The van der Waals surface area contributed by atoms with E-state index in [0.29, 0.717) is 21.4 Å². The molecule has 0 spiro atoms. The topological polar surface area (TPSA) is 63.4 Å². The lowest BCUT2D eigenvalue weighted by atomic mass is 10.3. The molecule has 20 heavy (non-hydrogen) atoms. The van der Waals surface area contributed by atoms with Gasteiger partial charge in [0, 0.05) is 15.5 Å². The van der Waals surface area contributed by atoms with Crippen LogP contribution in [0.25, 0.3) is 0 Å². The van der Waals surface area contributed by atoms with Crippen LogP contribution in [0, 0.1) is 18.3 Å². The summed E-state index contributed by atoms with van der Waals surface area (Å²) in [4.78, 5) is 0.0802. The molecule has 1 fully saturated rings. The van der Waals surface area contributed by atoms with Crippen molar-refractivity contribution in [1.29, 1.82) is 0 Å². The third kappa shape index (κ3) is 3.37. The molecule has 4 nitrogen and oxygen atoms in total. The summed E-state index contributed by atoms with van der Waals surface area (Å²) in [5.74, 6) is 2.82. The summed E-state index contributed by atoms with van der Waals surface area (Å²) in [6, 6.07) is 3.23. The van der Waals surface area contributed by atoms with E-state index < -0.39 is 10.0 Å². The number of sulfonamides is 1. The molecule has 7 heteroatoms. The third-order valence-electron chi connectivity index (χ3n) is 3.06. The van der Waals surface area contributed by atoms with Gasteiger partial charge in [0.1, 0.15) is 4.90 Å². The molecule has 0 unspecified atom stereocenters. The first-order valence-electron chi connectivity index (χ1n) is 6.04. The Kier molecular flexibility index (Phi) is 4.80. The maximum atomic E-state index is 12.7. The molecular weight excluding hydrogens is 408 g/mol. The average molecular weight is 422 g/mol. The normalized spacial score (nSPS) is 15.3. The molecule has 1 aliphatic rings.